The Bertz CT molecular complexity index is 1120. The van der Waals surface area contributed by atoms with Crippen LogP contribution >= 0.6 is 0 Å². The largest absolute Gasteiger partial charge is 0.872 e. The van der Waals surface area contributed by atoms with Gasteiger partial charge in [0.15, 0.2) is 0 Å². The highest BCUT2D eigenvalue weighted by atomic mass is 19.1. The molecule has 1 unspecified atom stereocenters. The Morgan fingerprint density at radius 3 is 2.42 bits per heavy atom. The molecule has 9 heteroatoms. The van der Waals surface area contributed by atoms with E-state index in [9.17, 15) is 23.9 Å². The Morgan fingerprint density at radius 2 is 1.85 bits per heavy atom. The molecule has 0 saturated carbocycles. The number of benzene rings is 1. The van der Waals surface area contributed by atoms with E-state index in [1.807, 2.05) is 14.1 Å². The van der Waals surface area contributed by atoms with Gasteiger partial charge in [-0.1, -0.05) is 17.9 Å². The summed E-state index contributed by atoms with van der Waals surface area (Å²) in [6.45, 7) is 4.22. The Labute approximate surface area is 191 Å². The van der Waals surface area contributed by atoms with Gasteiger partial charge in [0, 0.05) is 24.2 Å². The van der Waals surface area contributed by atoms with E-state index in [-0.39, 0.29) is 23.4 Å². The fourth-order valence-corrected chi connectivity index (χ4v) is 4.23. The number of carbonyl (C=O) groups excluding carboxylic acids is 3. The number of hydrogen-bond donors (Lipinski definition) is 2. The van der Waals surface area contributed by atoms with Crippen LogP contribution in [0.15, 0.2) is 29.8 Å². The molecule has 8 nitrogen and oxygen atoms in total. The number of ketones is 1. The molecule has 0 aliphatic carbocycles. The zero-order valence-electron chi connectivity index (χ0n) is 19.4. The number of aromatic nitrogens is 1. The summed E-state index contributed by atoms with van der Waals surface area (Å²) < 4.78 is 18.3. The Morgan fingerprint density at radius 1 is 1.21 bits per heavy atom. The number of esters is 1. The summed E-state index contributed by atoms with van der Waals surface area (Å²) >= 11 is 0. The van der Waals surface area contributed by atoms with Crippen LogP contribution in [0.2, 0.25) is 0 Å². The van der Waals surface area contributed by atoms with E-state index in [4.69, 9.17) is 4.74 Å². The van der Waals surface area contributed by atoms with Gasteiger partial charge in [-0.05, 0) is 42.7 Å². The number of carbonyl (C=O) groups is 3. The predicted molar refractivity (Wildman–Crippen MR) is 117 cm³/mol. The lowest BCUT2D eigenvalue weighted by Gasteiger charge is -2.28. The molecule has 2 aromatic rings. The van der Waals surface area contributed by atoms with E-state index in [2.05, 4.69) is 4.98 Å². The third kappa shape index (κ3) is 4.54. The van der Waals surface area contributed by atoms with Crippen molar-refractivity contribution in [3.8, 4) is 0 Å². The lowest BCUT2D eigenvalue weighted by Crippen LogP contribution is -3.05. The fourth-order valence-electron chi connectivity index (χ4n) is 4.23. The third-order valence-electron chi connectivity index (χ3n) is 5.85. The number of hydrogen-bond acceptors (Lipinski definition) is 5. The van der Waals surface area contributed by atoms with Crippen molar-refractivity contribution in [2.75, 3.05) is 34.3 Å². The number of methoxy groups -OCH3 is 1. The van der Waals surface area contributed by atoms with Gasteiger partial charge >= 0.3 is 5.97 Å². The maximum atomic E-state index is 13.7. The van der Waals surface area contributed by atoms with Crippen molar-refractivity contribution >= 4 is 23.4 Å². The van der Waals surface area contributed by atoms with Crippen molar-refractivity contribution in [2.45, 2.75) is 26.3 Å². The van der Waals surface area contributed by atoms with Crippen LogP contribution in [-0.4, -0.2) is 61.8 Å². The zero-order valence-corrected chi connectivity index (χ0v) is 19.4. The number of aryl methyl sites for hydroxylation is 1. The van der Waals surface area contributed by atoms with Gasteiger partial charge in [-0.25, -0.2) is 9.18 Å². The molecular weight excluding hydrogens is 429 g/mol. The van der Waals surface area contributed by atoms with Gasteiger partial charge in [0.25, 0.3) is 5.91 Å². The van der Waals surface area contributed by atoms with Crippen LogP contribution in [0.25, 0.3) is 5.76 Å². The maximum absolute atomic E-state index is 13.7. The normalized spacial score (nSPS) is 17.8. The van der Waals surface area contributed by atoms with E-state index in [0.29, 0.717) is 23.2 Å². The monoisotopic (exact) mass is 457 g/mol. The Balaban J connectivity index is 2.17. The van der Waals surface area contributed by atoms with Crippen molar-refractivity contribution < 1.29 is 33.5 Å². The SMILES string of the molecule is COC(=O)c1[nH]c(C)c(/C([O-])=C2\C(=O)C(=O)N(CCC[NH+](C)C)C2c2ccc(F)cc2)c1C. The molecule has 2 N–H and O–H groups in total. The van der Waals surface area contributed by atoms with Crippen molar-refractivity contribution in [1.29, 1.82) is 0 Å². The van der Waals surface area contributed by atoms with Gasteiger partial charge in [-0.3, -0.25) is 9.59 Å². The van der Waals surface area contributed by atoms with Gasteiger partial charge in [0.1, 0.15) is 11.5 Å². The average molecular weight is 458 g/mol. The highest BCUT2D eigenvalue weighted by Gasteiger charge is 2.44. The van der Waals surface area contributed by atoms with Crippen LogP contribution in [0.1, 0.15) is 45.3 Å². The van der Waals surface area contributed by atoms with Crippen LogP contribution < -0.4 is 10.0 Å². The first-order valence-electron chi connectivity index (χ1n) is 10.7. The number of nitrogens with zero attached hydrogens (tertiary/aromatic N) is 1. The summed E-state index contributed by atoms with van der Waals surface area (Å²) in [5.41, 5.74) is 1.25. The molecule has 33 heavy (non-hydrogen) atoms. The second kappa shape index (κ2) is 9.58. The van der Waals surface area contributed by atoms with E-state index in [1.165, 1.54) is 41.2 Å². The topological polar surface area (TPSA) is 107 Å². The number of likely N-dealkylation sites (tertiary alicyclic amines) is 1. The molecule has 1 aliphatic heterocycles. The average Bonchev–Trinajstić information content (AvgIpc) is 3.20. The summed E-state index contributed by atoms with van der Waals surface area (Å²) in [6, 6.07) is 4.47. The molecule has 1 aromatic carbocycles. The molecule has 0 bridgehead atoms. The maximum Gasteiger partial charge on any atom is 0.354 e. The van der Waals surface area contributed by atoms with Crippen molar-refractivity contribution in [1.82, 2.24) is 9.88 Å². The number of quaternary nitrogens is 1. The smallest absolute Gasteiger partial charge is 0.354 e. The second-order valence-electron chi connectivity index (χ2n) is 8.45. The first kappa shape index (κ1) is 24.2. The Hall–Kier alpha value is -3.46. The third-order valence-corrected chi connectivity index (χ3v) is 5.85. The molecule has 2 heterocycles. The molecule has 3 rings (SSSR count). The number of Topliss-reactive ketones (excluding diaryl/α,β-unsaturated/α-hetero) is 1. The molecule has 0 radical (unpaired) electrons. The lowest BCUT2D eigenvalue weighted by atomic mass is 9.94. The van der Waals surface area contributed by atoms with Gasteiger partial charge in [0.2, 0.25) is 5.78 Å². The van der Waals surface area contributed by atoms with E-state index < -0.39 is 35.3 Å². The highest BCUT2D eigenvalue weighted by Crippen LogP contribution is 2.40. The summed E-state index contributed by atoms with van der Waals surface area (Å²) in [5.74, 6) is -3.39. The summed E-state index contributed by atoms with van der Waals surface area (Å²) in [7, 11) is 5.18. The van der Waals surface area contributed by atoms with Crippen LogP contribution in [0, 0.1) is 19.7 Å². The number of amides is 1. The minimum Gasteiger partial charge on any atom is -0.872 e. The van der Waals surface area contributed by atoms with Crippen molar-refractivity contribution in [3.05, 3.63) is 63.7 Å². The van der Waals surface area contributed by atoms with Crippen LogP contribution in [0.5, 0.6) is 0 Å². The first-order valence-corrected chi connectivity index (χ1v) is 10.7. The van der Waals surface area contributed by atoms with Crippen LogP contribution in [0.3, 0.4) is 0 Å². The van der Waals surface area contributed by atoms with Crippen molar-refractivity contribution in [3.63, 3.8) is 0 Å². The van der Waals surface area contributed by atoms with Gasteiger partial charge in [-0.15, -0.1) is 0 Å². The van der Waals surface area contributed by atoms with Crippen LogP contribution in [0.4, 0.5) is 4.39 Å². The number of aromatic amines is 1. The molecule has 1 aliphatic rings. The molecular formula is C24H28FN3O5. The first-order chi connectivity index (χ1) is 15.6. The predicted octanol–water partition coefficient (Wildman–Crippen LogP) is 0.316. The zero-order chi connectivity index (χ0) is 24.4. The number of ether oxygens (including phenoxy) is 1. The standard InChI is InChI=1S/C24H28FN3O5/c1-13-17(14(2)26-19(13)24(32)33-5)21(29)18-20(15-7-9-16(25)10-8-15)28(23(31)22(18)30)12-6-11-27(3)4/h7-10,20,26,29H,6,11-12H2,1-5H3/b21-18+. The highest BCUT2D eigenvalue weighted by molar-refractivity contribution is 6.46. The van der Waals surface area contributed by atoms with Crippen molar-refractivity contribution in [2.24, 2.45) is 0 Å². The summed E-state index contributed by atoms with van der Waals surface area (Å²) in [6.07, 6.45) is 0.620. The molecule has 1 aromatic heterocycles. The summed E-state index contributed by atoms with van der Waals surface area (Å²) in [4.78, 5) is 43.5. The molecule has 176 valence electrons. The van der Waals surface area contributed by atoms with Crippen LogP contribution in [-0.2, 0) is 14.3 Å². The molecule has 1 fully saturated rings. The number of halogens is 1. The second-order valence-corrected chi connectivity index (χ2v) is 8.45. The van der Waals surface area contributed by atoms with Gasteiger partial charge in [0.05, 0.1) is 33.8 Å². The number of rotatable bonds is 7. The van der Waals surface area contributed by atoms with E-state index in [0.717, 1.165) is 6.54 Å². The molecule has 0 spiro atoms. The fraction of sp³-hybridized carbons (Fsp3) is 0.375. The molecule has 1 atom stereocenters. The lowest BCUT2D eigenvalue weighted by molar-refractivity contribution is -0.858. The van der Waals surface area contributed by atoms with Gasteiger partial charge in [-0.2, -0.15) is 0 Å². The quantitative estimate of drug-likeness (QED) is 0.270. The van der Waals surface area contributed by atoms with E-state index >= 15 is 0 Å². The Kier molecular flexibility index (Phi) is 7.02. The van der Waals surface area contributed by atoms with Gasteiger partial charge < -0.3 is 24.6 Å². The number of H-pyrrole nitrogens is 1. The number of nitrogens with one attached hydrogen (secondary N) is 2. The van der Waals surface area contributed by atoms with E-state index in [1.54, 1.807) is 13.8 Å². The minimum absolute atomic E-state index is 0.111. The minimum atomic E-state index is -0.939. The summed E-state index contributed by atoms with van der Waals surface area (Å²) in [5, 5.41) is 13.7. The molecule has 1 saturated heterocycles. The molecule has 1 amide bonds.